The van der Waals surface area contributed by atoms with E-state index in [0.29, 0.717) is 11.3 Å². The Morgan fingerprint density at radius 1 is 1.16 bits per heavy atom. The van der Waals surface area contributed by atoms with Crippen LogP contribution < -0.4 is 4.65 Å². The average molecular weight is 277 g/mol. The number of quaternary nitrogens is 1. The fourth-order valence-electron chi connectivity index (χ4n) is 2.22. The molecular weight excluding hydrogens is 262 g/mol. The molecule has 0 bridgehead atoms. The molecule has 1 aromatic carbocycles. The van der Waals surface area contributed by atoms with Gasteiger partial charge in [-0.05, 0) is 38.5 Å². The van der Waals surface area contributed by atoms with E-state index in [1.807, 2.05) is 19.1 Å². The summed E-state index contributed by atoms with van der Waals surface area (Å²) in [4.78, 5) is -0.156. The summed E-state index contributed by atoms with van der Waals surface area (Å²) in [6.45, 7) is 5.31. The summed E-state index contributed by atoms with van der Waals surface area (Å²) >= 11 is 0. The highest BCUT2D eigenvalue weighted by atomic mass is 32.2. The maximum atomic E-state index is 13.1. The van der Waals surface area contributed by atoms with Gasteiger partial charge in [0.15, 0.2) is 0 Å². The van der Waals surface area contributed by atoms with Gasteiger partial charge in [0.2, 0.25) is 0 Å². The fourth-order valence-corrected chi connectivity index (χ4v) is 2.93. The van der Waals surface area contributed by atoms with Crippen molar-refractivity contribution in [2.24, 2.45) is 0 Å². The van der Waals surface area contributed by atoms with Crippen LogP contribution in [0.1, 0.15) is 18.1 Å². The first-order valence-corrected chi connectivity index (χ1v) is 6.94. The lowest BCUT2D eigenvalue weighted by atomic mass is 10.1. The van der Waals surface area contributed by atoms with Gasteiger partial charge in [-0.3, -0.25) is 4.65 Å². The third-order valence-electron chi connectivity index (χ3n) is 3.16. The first-order chi connectivity index (χ1) is 8.86. The number of aryl methyl sites for hydroxylation is 2. The van der Waals surface area contributed by atoms with Gasteiger partial charge in [0.1, 0.15) is 11.9 Å². The van der Waals surface area contributed by atoms with Gasteiger partial charge in [-0.2, -0.15) is 8.42 Å². The van der Waals surface area contributed by atoms with Crippen LogP contribution in [-0.2, 0) is 10.3 Å². The Bertz CT molecular complexity index is 721. The van der Waals surface area contributed by atoms with Crippen molar-refractivity contribution in [2.45, 2.75) is 20.8 Å². The smallest absolute Gasteiger partial charge is 0.277 e. The Morgan fingerprint density at radius 2 is 1.84 bits per heavy atom. The third-order valence-corrected chi connectivity index (χ3v) is 4.07. The molecule has 1 aliphatic heterocycles. The second-order valence-corrected chi connectivity index (χ2v) is 5.54. The Balaban J connectivity index is 2.79. The van der Waals surface area contributed by atoms with Gasteiger partial charge >= 0.3 is 0 Å². The van der Waals surface area contributed by atoms with E-state index in [4.69, 9.17) is 0 Å². The van der Waals surface area contributed by atoms with Gasteiger partial charge in [-0.1, -0.05) is 12.1 Å². The van der Waals surface area contributed by atoms with E-state index in [9.17, 15) is 13.6 Å². The molecule has 0 amide bonds. The molecule has 0 radical (unpaired) electrons. The van der Waals surface area contributed by atoms with E-state index in [1.54, 1.807) is 32.1 Å². The lowest BCUT2D eigenvalue weighted by Gasteiger charge is -2.39. The molecule has 1 aliphatic rings. The van der Waals surface area contributed by atoms with Crippen LogP contribution in [0.25, 0.3) is 0 Å². The molecule has 0 saturated carbocycles. The van der Waals surface area contributed by atoms with Crippen LogP contribution >= 0.6 is 0 Å². The van der Waals surface area contributed by atoms with Crippen molar-refractivity contribution in [1.82, 2.24) is 4.65 Å². The van der Waals surface area contributed by atoms with Crippen LogP contribution in [-0.4, -0.2) is 13.4 Å². The molecule has 2 rings (SSSR count). The van der Waals surface area contributed by atoms with Gasteiger partial charge in [-0.25, -0.2) is 0 Å². The van der Waals surface area contributed by atoms with E-state index >= 15 is 0 Å². The number of allylic oxidation sites excluding steroid dienone is 2. The highest BCUT2D eigenvalue weighted by Crippen LogP contribution is 2.32. The van der Waals surface area contributed by atoms with Gasteiger partial charge in [0.05, 0.1) is 0 Å². The molecule has 0 spiro atoms. The number of hydrogen-bond donors (Lipinski definition) is 0. The van der Waals surface area contributed by atoms with Crippen LogP contribution in [0, 0.1) is 19.1 Å². The van der Waals surface area contributed by atoms with Crippen LogP contribution in [0.15, 0.2) is 42.1 Å². The first-order valence-electron chi connectivity index (χ1n) is 5.87. The topological polar surface area (TPSA) is 57.2 Å². The zero-order valence-corrected chi connectivity index (χ0v) is 11.9. The zero-order chi connectivity index (χ0) is 14.2. The Kier molecular flexibility index (Phi) is 3.45. The highest BCUT2D eigenvalue weighted by Gasteiger charge is 2.32. The molecule has 0 saturated heterocycles. The Morgan fingerprint density at radius 3 is 2.47 bits per heavy atom. The van der Waals surface area contributed by atoms with Crippen molar-refractivity contribution < 1.29 is 8.42 Å². The summed E-state index contributed by atoms with van der Waals surface area (Å²) in [7, 11) is -2.56. The standard InChI is InChI=1S/C14H15NO3S/c1-10-6-7-11(2)13(9-10)15(16)8-4-5-12(3)14(15)19(17)18/h4-9H,1-3H3. The molecule has 0 fully saturated rings. The molecule has 0 aromatic heterocycles. The lowest BCUT2D eigenvalue weighted by molar-refractivity contribution is 0.623. The van der Waals surface area contributed by atoms with Crippen LogP contribution in [0.2, 0.25) is 0 Å². The predicted molar refractivity (Wildman–Crippen MR) is 77.9 cm³/mol. The van der Waals surface area contributed by atoms with E-state index in [-0.39, 0.29) is 4.99 Å². The summed E-state index contributed by atoms with van der Waals surface area (Å²) in [5.41, 5.74) is 2.59. The summed E-state index contributed by atoms with van der Waals surface area (Å²) < 4.78 is 21.8. The second kappa shape index (κ2) is 4.77. The lowest BCUT2D eigenvalue weighted by Crippen LogP contribution is -2.46. The van der Waals surface area contributed by atoms with Crippen LogP contribution in [0.3, 0.4) is 0 Å². The fraction of sp³-hybridized carbons (Fsp3) is 0.214. The summed E-state index contributed by atoms with van der Waals surface area (Å²) in [5, 5.41) is 13.1. The molecule has 1 unspecified atom stereocenters. The van der Waals surface area contributed by atoms with Crippen molar-refractivity contribution in [2.75, 3.05) is 0 Å². The molecule has 0 aliphatic carbocycles. The van der Waals surface area contributed by atoms with Crippen molar-refractivity contribution in [1.29, 1.82) is 0 Å². The van der Waals surface area contributed by atoms with Crippen LogP contribution in [0.4, 0.5) is 5.69 Å². The molecule has 1 aromatic rings. The van der Waals surface area contributed by atoms with Crippen molar-refractivity contribution >= 4 is 21.0 Å². The summed E-state index contributed by atoms with van der Waals surface area (Å²) in [6.07, 6.45) is 4.57. The molecule has 5 heteroatoms. The minimum absolute atomic E-state index is 0.156. The molecular formula is C14H15NO3S. The number of benzene rings is 1. The SMILES string of the molecule is CC1=CC=C[N+]([O-])(c2cc(C)ccc2C)C1=S(=O)=O. The molecule has 4 nitrogen and oxygen atoms in total. The maximum Gasteiger partial charge on any atom is 0.277 e. The molecule has 19 heavy (non-hydrogen) atoms. The van der Waals surface area contributed by atoms with Crippen molar-refractivity contribution in [3.05, 3.63) is 58.5 Å². The normalized spacial score (nSPS) is 22.3. The van der Waals surface area contributed by atoms with Gasteiger partial charge in [-0.15, -0.1) is 0 Å². The minimum Gasteiger partial charge on any atom is -0.616 e. The minimum atomic E-state index is -2.56. The van der Waals surface area contributed by atoms with Gasteiger partial charge < -0.3 is 5.21 Å². The molecule has 0 N–H and O–H groups in total. The van der Waals surface area contributed by atoms with E-state index < -0.39 is 14.9 Å². The monoisotopic (exact) mass is 277 g/mol. The van der Waals surface area contributed by atoms with Gasteiger partial charge in [0, 0.05) is 17.2 Å². The van der Waals surface area contributed by atoms with Crippen molar-refractivity contribution in [3.63, 3.8) is 0 Å². The van der Waals surface area contributed by atoms with E-state index in [0.717, 1.165) is 11.1 Å². The first kappa shape index (κ1) is 13.7. The highest BCUT2D eigenvalue weighted by molar-refractivity contribution is 7.73. The van der Waals surface area contributed by atoms with Crippen molar-refractivity contribution in [3.8, 4) is 0 Å². The number of rotatable bonds is 1. The maximum absolute atomic E-state index is 13.1. The van der Waals surface area contributed by atoms with Crippen LogP contribution in [0.5, 0.6) is 0 Å². The second-order valence-electron chi connectivity index (χ2n) is 4.68. The number of hydroxylamine groups is 2. The molecule has 1 heterocycles. The van der Waals surface area contributed by atoms with Gasteiger partial charge in [0.25, 0.3) is 15.3 Å². The summed E-state index contributed by atoms with van der Waals surface area (Å²) in [6, 6.07) is 5.46. The largest absolute Gasteiger partial charge is 0.616 e. The molecule has 1 atom stereocenters. The third kappa shape index (κ3) is 2.28. The Labute approximate surface area is 114 Å². The average Bonchev–Trinajstić information content (AvgIpc) is 2.31. The number of hydrogen-bond acceptors (Lipinski definition) is 3. The van der Waals surface area contributed by atoms with E-state index in [2.05, 4.69) is 0 Å². The summed E-state index contributed by atoms with van der Waals surface area (Å²) in [5.74, 6) is 0. The molecule has 100 valence electrons. The van der Waals surface area contributed by atoms with E-state index in [1.165, 1.54) is 6.20 Å². The zero-order valence-electron chi connectivity index (χ0n) is 11.0. The quantitative estimate of drug-likeness (QED) is 0.450. The predicted octanol–water partition coefficient (Wildman–Crippen LogP) is 2.59. The Hall–Kier alpha value is -1.69. The number of nitrogens with zero attached hydrogens (tertiary/aromatic N) is 1.